The Morgan fingerprint density at radius 3 is 2.68 bits per heavy atom. The molecule has 0 aliphatic heterocycles. The van der Waals surface area contributed by atoms with Crippen molar-refractivity contribution in [3.63, 3.8) is 0 Å². The first kappa shape index (κ1) is 12.8. The number of rotatable bonds is 4. The Labute approximate surface area is 110 Å². The van der Waals surface area contributed by atoms with Crippen molar-refractivity contribution in [3.05, 3.63) is 48.4 Å². The van der Waals surface area contributed by atoms with Crippen LogP contribution in [0.2, 0.25) is 0 Å². The number of carbonyl (C=O) groups is 1. The molecule has 0 saturated heterocycles. The first-order chi connectivity index (χ1) is 9.20. The number of aliphatic carboxylic acids is 1. The molecule has 5 nitrogen and oxygen atoms in total. The maximum atomic E-state index is 10.6. The summed E-state index contributed by atoms with van der Waals surface area (Å²) in [6.07, 6.45) is 5.54. The third-order valence-corrected chi connectivity index (χ3v) is 2.51. The predicted molar refractivity (Wildman–Crippen MR) is 70.7 cm³/mol. The van der Waals surface area contributed by atoms with E-state index in [9.17, 15) is 4.79 Å². The molecule has 2 rings (SSSR count). The van der Waals surface area contributed by atoms with E-state index >= 15 is 0 Å². The number of carboxylic acids is 1. The molecule has 0 spiro atoms. The van der Waals surface area contributed by atoms with Crippen LogP contribution >= 0.6 is 0 Å². The average Bonchev–Trinajstić information content (AvgIpc) is 2.45. The van der Waals surface area contributed by atoms with Crippen molar-refractivity contribution >= 4 is 12.0 Å². The van der Waals surface area contributed by atoms with Crippen LogP contribution in [0.4, 0.5) is 0 Å². The number of hydrogen-bond donors (Lipinski definition) is 1. The smallest absolute Gasteiger partial charge is 0.328 e. The van der Waals surface area contributed by atoms with Gasteiger partial charge in [0.05, 0.1) is 12.8 Å². The molecule has 0 atom stereocenters. The Kier molecular flexibility index (Phi) is 3.87. The summed E-state index contributed by atoms with van der Waals surface area (Å²) in [5.74, 6) is -0.259. The molecule has 0 aliphatic rings. The van der Waals surface area contributed by atoms with Crippen molar-refractivity contribution in [3.8, 4) is 17.0 Å². The van der Waals surface area contributed by atoms with E-state index in [2.05, 4.69) is 9.97 Å². The molecular formula is C14H12N2O3. The molecule has 0 fully saturated rings. The van der Waals surface area contributed by atoms with Crippen LogP contribution in [-0.4, -0.2) is 28.2 Å². The summed E-state index contributed by atoms with van der Waals surface area (Å²) in [4.78, 5) is 18.6. The van der Waals surface area contributed by atoms with Crippen LogP contribution in [0.3, 0.4) is 0 Å². The molecule has 0 radical (unpaired) electrons. The SMILES string of the molecule is COc1ccc(-c2ncncc2C=CC(=O)O)cc1. The minimum atomic E-state index is -1.01. The van der Waals surface area contributed by atoms with E-state index in [1.165, 1.54) is 12.4 Å². The number of aromatic nitrogens is 2. The highest BCUT2D eigenvalue weighted by molar-refractivity contribution is 5.87. The monoisotopic (exact) mass is 256 g/mol. The fraction of sp³-hybridized carbons (Fsp3) is 0.0714. The van der Waals surface area contributed by atoms with Gasteiger partial charge >= 0.3 is 5.97 Å². The molecule has 1 N–H and O–H groups in total. The van der Waals surface area contributed by atoms with Crippen molar-refractivity contribution in [1.29, 1.82) is 0 Å². The fourth-order valence-corrected chi connectivity index (χ4v) is 1.61. The Bertz CT molecular complexity index is 606. The minimum Gasteiger partial charge on any atom is -0.497 e. The Balaban J connectivity index is 2.40. The van der Waals surface area contributed by atoms with Crippen molar-refractivity contribution < 1.29 is 14.6 Å². The van der Waals surface area contributed by atoms with E-state index in [0.717, 1.165) is 17.4 Å². The Morgan fingerprint density at radius 2 is 2.05 bits per heavy atom. The van der Waals surface area contributed by atoms with Crippen LogP contribution in [0.5, 0.6) is 5.75 Å². The molecule has 0 saturated carbocycles. The van der Waals surface area contributed by atoms with E-state index in [1.807, 2.05) is 24.3 Å². The number of benzene rings is 1. The molecule has 0 amide bonds. The predicted octanol–water partition coefficient (Wildman–Crippen LogP) is 2.25. The molecule has 5 heteroatoms. The molecule has 0 aliphatic carbocycles. The van der Waals surface area contributed by atoms with Gasteiger partial charge in [-0.15, -0.1) is 0 Å². The fourth-order valence-electron chi connectivity index (χ4n) is 1.61. The van der Waals surface area contributed by atoms with E-state index in [4.69, 9.17) is 9.84 Å². The van der Waals surface area contributed by atoms with Crippen molar-refractivity contribution in [2.24, 2.45) is 0 Å². The average molecular weight is 256 g/mol. The lowest BCUT2D eigenvalue weighted by Crippen LogP contribution is -1.92. The first-order valence-electron chi connectivity index (χ1n) is 5.56. The lowest BCUT2D eigenvalue weighted by molar-refractivity contribution is -0.131. The summed E-state index contributed by atoms with van der Waals surface area (Å²) in [5, 5.41) is 8.66. The van der Waals surface area contributed by atoms with Gasteiger partial charge in [0.25, 0.3) is 0 Å². The van der Waals surface area contributed by atoms with Gasteiger partial charge in [0, 0.05) is 23.4 Å². The molecule has 0 bridgehead atoms. The second kappa shape index (κ2) is 5.77. The van der Waals surface area contributed by atoms with Gasteiger partial charge < -0.3 is 9.84 Å². The number of ether oxygens (including phenoxy) is 1. The number of carboxylic acid groups (broad SMARTS) is 1. The largest absolute Gasteiger partial charge is 0.497 e. The zero-order valence-electron chi connectivity index (χ0n) is 10.3. The first-order valence-corrected chi connectivity index (χ1v) is 5.56. The van der Waals surface area contributed by atoms with Crippen molar-refractivity contribution in [2.45, 2.75) is 0 Å². The number of nitrogens with zero attached hydrogens (tertiary/aromatic N) is 2. The Hall–Kier alpha value is -2.69. The standard InChI is InChI=1S/C14H12N2O3/c1-19-12-5-2-10(3-6-12)14-11(4-7-13(17)18)8-15-9-16-14/h2-9H,1H3,(H,17,18). The molecule has 96 valence electrons. The molecule has 1 heterocycles. The van der Waals surface area contributed by atoms with Crippen molar-refractivity contribution in [2.75, 3.05) is 7.11 Å². The highest BCUT2D eigenvalue weighted by atomic mass is 16.5. The normalized spacial score (nSPS) is 10.6. The number of methoxy groups -OCH3 is 1. The van der Waals surface area contributed by atoms with Crippen LogP contribution < -0.4 is 4.74 Å². The van der Waals surface area contributed by atoms with Gasteiger partial charge in [-0.3, -0.25) is 0 Å². The molecular weight excluding hydrogens is 244 g/mol. The molecule has 1 aromatic carbocycles. The zero-order chi connectivity index (χ0) is 13.7. The maximum Gasteiger partial charge on any atom is 0.328 e. The van der Waals surface area contributed by atoms with Gasteiger partial charge in [-0.2, -0.15) is 0 Å². The molecule has 2 aromatic rings. The van der Waals surface area contributed by atoms with Gasteiger partial charge in [-0.05, 0) is 30.3 Å². The van der Waals surface area contributed by atoms with Crippen molar-refractivity contribution in [1.82, 2.24) is 9.97 Å². The van der Waals surface area contributed by atoms with E-state index in [1.54, 1.807) is 13.3 Å². The minimum absolute atomic E-state index is 0.648. The topological polar surface area (TPSA) is 72.3 Å². The van der Waals surface area contributed by atoms with Gasteiger partial charge in [0.2, 0.25) is 0 Å². The third-order valence-electron chi connectivity index (χ3n) is 2.51. The van der Waals surface area contributed by atoms with Crippen LogP contribution in [0.25, 0.3) is 17.3 Å². The molecule has 0 unspecified atom stereocenters. The summed E-state index contributed by atoms with van der Waals surface area (Å²) in [5.41, 5.74) is 2.19. The van der Waals surface area contributed by atoms with Crippen LogP contribution in [0, 0.1) is 0 Å². The highest BCUT2D eigenvalue weighted by Gasteiger charge is 2.05. The van der Waals surface area contributed by atoms with Crippen LogP contribution in [-0.2, 0) is 4.79 Å². The highest BCUT2D eigenvalue weighted by Crippen LogP contribution is 2.23. The van der Waals surface area contributed by atoms with Crippen LogP contribution in [0.1, 0.15) is 5.56 Å². The van der Waals surface area contributed by atoms with Gasteiger partial charge in [-0.1, -0.05) is 0 Å². The summed E-state index contributed by atoms with van der Waals surface area (Å²) < 4.78 is 5.09. The summed E-state index contributed by atoms with van der Waals surface area (Å²) in [7, 11) is 1.60. The zero-order valence-corrected chi connectivity index (χ0v) is 10.3. The van der Waals surface area contributed by atoms with Gasteiger partial charge in [0.15, 0.2) is 0 Å². The summed E-state index contributed by atoms with van der Waals surface area (Å²) in [6, 6.07) is 7.36. The van der Waals surface area contributed by atoms with E-state index < -0.39 is 5.97 Å². The lowest BCUT2D eigenvalue weighted by Gasteiger charge is -2.05. The third kappa shape index (κ3) is 3.16. The summed E-state index contributed by atoms with van der Waals surface area (Å²) in [6.45, 7) is 0. The molecule has 1 aromatic heterocycles. The maximum absolute atomic E-state index is 10.6. The Morgan fingerprint density at radius 1 is 1.32 bits per heavy atom. The number of hydrogen-bond acceptors (Lipinski definition) is 4. The van der Waals surface area contributed by atoms with E-state index in [0.29, 0.717) is 11.3 Å². The van der Waals surface area contributed by atoms with Gasteiger partial charge in [-0.25, -0.2) is 14.8 Å². The lowest BCUT2D eigenvalue weighted by atomic mass is 10.1. The quantitative estimate of drug-likeness (QED) is 0.849. The van der Waals surface area contributed by atoms with Gasteiger partial charge in [0.1, 0.15) is 12.1 Å². The summed E-state index contributed by atoms with van der Waals surface area (Å²) >= 11 is 0. The second-order valence-corrected chi connectivity index (χ2v) is 3.73. The second-order valence-electron chi connectivity index (χ2n) is 3.73. The molecule has 19 heavy (non-hydrogen) atoms. The van der Waals surface area contributed by atoms with Crippen LogP contribution in [0.15, 0.2) is 42.9 Å². The van der Waals surface area contributed by atoms with E-state index in [-0.39, 0.29) is 0 Å².